The zero-order valence-electron chi connectivity index (χ0n) is 11.7. The number of carbonyl (C=O) groups excluding carboxylic acids is 1. The van der Waals surface area contributed by atoms with Crippen LogP contribution in [-0.4, -0.2) is 49.1 Å². The zero-order chi connectivity index (χ0) is 12.9. The van der Waals surface area contributed by atoms with Crippen LogP contribution < -0.4 is 10.6 Å². The molecule has 1 fully saturated rings. The summed E-state index contributed by atoms with van der Waals surface area (Å²) in [4.78, 5) is 14.1. The molecule has 100 valence electrons. The number of piperidine rings is 1. The average Bonchev–Trinajstić information content (AvgIpc) is 2.29. The summed E-state index contributed by atoms with van der Waals surface area (Å²) in [7, 11) is 2.05. The molecule has 1 heterocycles. The lowest BCUT2D eigenvalue weighted by Gasteiger charge is -2.32. The van der Waals surface area contributed by atoms with Gasteiger partial charge in [-0.3, -0.25) is 9.69 Å². The van der Waals surface area contributed by atoms with Crippen molar-refractivity contribution in [3.8, 4) is 0 Å². The lowest BCUT2D eigenvalue weighted by Crippen LogP contribution is -2.49. The smallest absolute Gasteiger partial charge is 0.234 e. The highest BCUT2D eigenvalue weighted by atomic mass is 16.2. The number of nitrogens with zero attached hydrogens (tertiary/aromatic N) is 1. The number of likely N-dealkylation sites (N-methyl/N-ethyl adjacent to an activating group) is 1. The number of nitrogens with one attached hydrogen (secondary N) is 2. The van der Waals surface area contributed by atoms with Crippen LogP contribution in [0.4, 0.5) is 0 Å². The standard InChI is InChI=1S/C13H27N3O/c1-5-13(2,3)15-12(17)10-16(4)11-6-8-14-9-7-11/h11,14H,5-10H2,1-4H3,(H,15,17). The van der Waals surface area contributed by atoms with E-state index in [0.29, 0.717) is 12.6 Å². The Hall–Kier alpha value is -0.610. The van der Waals surface area contributed by atoms with Gasteiger partial charge in [0.25, 0.3) is 0 Å². The van der Waals surface area contributed by atoms with E-state index in [-0.39, 0.29) is 11.4 Å². The highest BCUT2D eigenvalue weighted by molar-refractivity contribution is 5.78. The van der Waals surface area contributed by atoms with E-state index in [9.17, 15) is 4.79 Å². The predicted octanol–water partition coefficient (Wildman–Crippen LogP) is 0.975. The highest BCUT2D eigenvalue weighted by Crippen LogP contribution is 2.10. The van der Waals surface area contributed by atoms with Gasteiger partial charge in [0.2, 0.25) is 5.91 Å². The first-order valence-electron chi connectivity index (χ1n) is 6.66. The molecule has 1 aliphatic rings. The monoisotopic (exact) mass is 241 g/mol. The molecule has 0 aromatic heterocycles. The van der Waals surface area contributed by atoms with E-state index in [1.807, 2.05) is 0 Å². The maximum Gasteiger partial charge on any atom is 0.234 e. The van der Waals surface area contributed by atoms with Crippen molar-refractivity contribution in [2.45, 2.75) is 51.6 Å². The van der Waals surface area contributed by atoms with Crippen molar-refractivity contribution in [3.05, 3.63) is 0 Å². The fourth-order valence-corrected chi connectivity index (χ4v) is 2.11. The van der Waals surface area contributed by atoms with E-state index in [4.69, 9.17) is 0 Å². The van der Waals surface area contributed by atoms with Crippen molar-refractivity contribution in [1.29, 1.82) is 0 Å². The van der Waals surface area contributed by atoms with Crippen LogP contribution in [0, 0.1) is 0 Å². The van der Waals surface area contributed by atoms with Gasteiger partial charge in [-0.1, -0.05) is 6.92 Å². The Morgan fingerprint density at radius 2 is 2.00 bits per heavy atom. The Kier molecular flexibility index (Phi) is 5.40. The second-order valence-electron chi connectivity index (χ2n) is 5.68. The fourth-order valence-electron chi connectivity index (χ4n) is 2.11. The predicted molar refractivity (Wildman–Crippen MR) is 71.0 cm³/mol. The number of carbonyl (C=O) groups is 1. The first-order valence-corrected chi connectivity index (χ1v) is 6.66. The van der Waals surface area contributed by atoms with Crippen molar-refractivity contribution in [3.63, 3.8) is 0 Å². The minimum Gasteiger partial charge on any atom is -0.350 e. The highest BCUT2D eigenvalue weighted by Gasteiger charge is 2.22. The summed E-state index contributed by atoms with van der Waals surface area (Å²) < 4.78 is 0. The molecule has 0 aliphatic carbocycles. The number of amides is 1. The summed E-state index contributed by atoms with van der Waals surface area (Å²) in [6, 6.07) is 0.548. The molecule has 0 saturated carbocycles. The third kappa shape index (κ3) is 5.04. The van der Waals surface area contributed by atoms with Gasteiger partial charge in [-0.05, 0) is 53.2 Å². The molecular weight excluding hydrogens is 214 g/mol. The molecule has 0 unspecified atom stereocenters. The van der Waals surface area contributed by atoms with Gasteiger partial charge in [-0.15, -0.1) is 0 Å². The van der Waals surface area contributed by atoms with Gasteiger partial charge < -0.3 is 10.6 Å². The van der Waals surface area contributed by atoms with Gasteiger partial charge in [-0.25, -0.2) is 0 Å². The van der Waals surface area contributed by atoms with E-state index < -0.39 is 0 Å². The lowest BCUT2D eigenvalue weighted by atomic mass is 10.0. The fraction of sp³-hybridized carbons (Fsp3) is 0.923. The number of hydrogen-bond donors (Lipinski definition) is 2. The van der Waals surface area contributed by atoms with Crippen LogP contribution in [-0.2, 0) is 4.79 Å². The SMILES string of the molecule is CCC(C)(C)NC(=O)CN(C)C1CCNCC1. The van der Waals surface area contributed by atoms with Crippen molar-refractivity contribution in [1.82, 2.24) is 15.5 Å². The molecule has 2 N–H and O–H groups in total. The third-order valence-corrected chi connectivity index (χ3v) is 3.69. The first-order chi connectivity index (χ1) is 7.94. The summed E-state index contributed by atoms with van der Waals surface area (Å²) in [5, 5.41) is 6.42. The average molecular weight is 241 g/mol. The number of rotatable bonds is 5. The van der Waals surface area contributed by atoms with E-state index in [0.717, 1.165) is 32.4 Å². The topological polar surface area (TPSA) is 44.4 Å². The van der Waals surface area contributed by atoms with Crippen molar-refractivity contribution in [2.24, 2.45) is 0 Å². The summed E-state index contributed by atoms with van der Waals surface area (Å²) in [5.41, 5.74) is -0.0912. The maximum atomic E-state index is 11.9. The molecular formula is C13H27N3O. The molecule has 0 bridgehead atoms. The quantitative estimate of drug-likeness (QED) is 0.754. The molecule has 1 aliphatic heterocycles. The molecule has 0 atom stereocenters. The molecule has 17 heavy (non-hydrogen) atoms. The molecule has 4 heteroatoms. The second kappa shape index (κ2) is 6.36. The maximum absolute atomic E-state index is 11.9. The van der Waals surface area contributed by atoms with Gasteiger partial charge in [-0.2, -0.15) is 0 Å². The van der Waals surface area contributed by atoms with Gasteiger partial charge >= 0.3 is 0 Å². The van der Waals surface area contributed by atoms with Crippen LogP contribution >= 0.6 is 0 Å². The van der Waals surface area contributed by atoms with Crippen molar-refractivity contribution in [2.75, 3.05) is 26.7 Å². The summed E-state index contributed by atoms with van der Waals surface area (Å²) in [6.07, 6.45) is 3.23. The normalized spacial score (nSPS) is 18.4. The van der Waals surface area contributed by atoms with Crippen LogP contribution in [0.5, 0.6) is 0 Å². The molecule has 1 rings (SSSR count). The van der Waals surface area contributed by atoms with Crippen LogP contribution in [0.25, 0.3) is 0 Å². The zero-order valence-corrected chi connectivity index (χ0v) is 11.7. The van der Waals surface area contributed by atoms with Crippen LogP contribution in [0.3, 0.4) is 0 Å². The van der Waals surface area contributed by atoms with E-state index in [1.54, 1.807) is 0 Å². The minimum atomic E-state index is -0.0912. The van der Waals surface area contributed by atoms with Gasteiger partial charge in [0.1, 0.15) is 0 Å². The molecule has 1 saturated heterocycles. The Morgan fingerprint density at radius 1 is 1.41 bits per heavy atom. The molecule has 0 aromatic rings. The molecule has 0 spiro atoms. The molecule has 0 radical (unpaired) electrons. The Morgan fingerprint density at radius 3 is 2.53 bits per heavy atom. The largest absolute Gasteiger partial charge is 0.350 e. The van der Waals surface area contributed by atoms with Crippen molar-refractivity contribution >= 4 is 5.91 Å². The molecule has 4 nitrogen and oxygen atoms in total. The molecule has 1 amide bonds. The number of hydrogen-bond acceptors (Lipinski definition) is 3. The third-order valence-electron chi connectivity index (χ3n) is 3.69. The van der Waals surface area contributed by atoms with Crippen LogP contribution in [0.1, 0.15) is 40.0 Å². The van der Waals surface area contributed by atoms with Crippen molar-refractivity contribution < 1.29 is 4.79 Å². The second-order valence-corrected chi connectivity index (χ2v) is 5.68. The Bertz CT molecular complexity index is 247. The summed E-state index contributed by atoms with van der Waals surface area (Å²) >= 11 is 0. The minimum absolute atomic E-state index is 0.0912. The van der Waals surface area contributed by atoms with Crippen LogP contribution in [0.2, 0.25) is 0 Å². The lowest BCUT2D eigenvalue weighted by molar-refractivity contribution is -0.124. The Balaban J connectivity index is 2.34. The molecule has 0 aromatic carbocycles. The van der Waals surface area contributed by atoms with E-state index in [1.165, 1.54) is 0 Å². The van der Waals surface area contributed by atoms with Crippen LogP contribution in [0.15, 0.2) is 0 Å². The first kappa shape index (κ1) is 14.5. The van der Waals surface area contributed by atoms with E-state index in [2.05, 4.69) is 43.4 Å². The summed E-state index contributed by atoms with van der Waals surface area (Å²) in [6.45, 7) is 8.86. The van der Waals surface area contributed by atoms with Gasteiger partial charge in [0.15, 0.2) is 0 Å². The Labute approximate surface area is 105 Å². The van der Waals surface area contributed by atoms with Gasteiger partial charge in [0, 0.05) is 11.6 Å². The van der Waals surface area contributed by atoms with Gasteiger partial charge in [0.05, 0.1) is 6.54 Å². The van der Waals surface area contributed by atoms with E-state index >= 15 is 0 Å². The summed E-state index contributed by atoms with van der Waals surface area (Å²) in [5.74, 6) is 0.137.